The van der Waals surface area contributed by atoms with Crippen molar-refractivity contribution in [3.8, 4) is 0 Å². The lowest BCUT2D eigenvalue weighted by Crippen LogP contribution is -2.45. The third kappa shape index (κ3) is 7.38. The molecule has 2 N–H and O–H groups in total. The van der Waals surface area contributed by atoms with Crippen LogP contribution in [0.25, 0.3) is 0 Å². The summed E-state index contributed by atoms with van der Waals surface area (Å²) in [5, 5.41) is 12.0. The van der Waals surface area contributed by atoms with Crippen LogP contribution in [0.15, 0.2) is 30.3 Å². The maximum atomic E-state index is 12.8. The number of carbonyl (C=O) groups excluding carboxylic acids is 2. The molecule has 2 atom stereocenters. The molecule has 0 aliphatic carbocycles. The highest BCUT2D eigenvalue weighted by atomic mass is 16.4. The van der Waals surface area contributed by atoms with Crippen molar-refractivity contribution in [3.05, 3.63) is 35.9 Å². The highest BCUT2D eigenvalue weighted by Crippen LogP contribution is 2.22. The summed E-state index contributed by atoms with van der Waals surface area (Å²) in [5.41, 5.74) is 0.415. The maximum absolute atomic E-state index is 12.8. The smallest absolute Gasteiger partial charge is 0.326 e. The number of benzene rings is 1. The molecule has 0 saturated carbocycles. The van der Waals surface area contributed by atoms with E-state index in [0.717, 1.165) is 18.4 Å². The van der Waals surface area contributed by atoms with Gasteiger partial charge in [-0.05, 0) is 18.4 Å². The second-order valence-electron chi connectivity index (χ2n) is 7.81. The molecule has 2 unspecified atom stereocenters. The van der Waals surface area contributed by atoms with E-state index in [1.807, 2.05) is 58.0 Å². The summed E-state index contributed by atoms with van der Waals surface area (Å²) in [4.78, 5) is 36.6. The molecule has 1 amide bonds. The monoisotopic (exact) mass is 361 g/mol. The van der Waals surface area contributed by atoms with Gasteiger partial charge in [0.1, 0.15) is 11.8 Å². The van der Waals surface area contributed by atoms with Crippen molar-refractivity contribution in [2.45, 2.75) is 65.8 Å². The van der Waals surface area contributed by atoms with E-state index < -0.39 is 23.3 Å². The Bertz CT molecular complexity index is 604. The van der Waals surface area contributed by atoms with Crippen LogP contribution in [0.2, 0.25) is 0 Å². The van der Waals surface area contributed by atoms with Crippen LogP contribution in [0.1, 0.15) is 58.9 Å². The number of carbonyl (C=O) groups is 3. The number of rotatable bonds is 10. The van der Waals surface area contributed by atoms with Gasteiger partial charge in [0, 0.05) is 17.8 Å². The second kappa shape index (κ2) is 10.1. The molecule has 1 rings (SSSR count). The number of hydrogen-bond donors (Lipinski definition) is 2. The Morgan fingerprint density at radius 2 is 1.73 bits per heavy atom. The van der Waals surface area contributed by atoms with Crippen molar-refractivity contribution in [1.82, 2.24) is 5.32 Å². The molecule has 0 aromatic heterocycles. The fourth-order valence-corrected chi connectivity index (χ4v) is 2.64. The first-order valence-corrected chi connectivity index (χ1v) is 9.25. The van der Waals surface area contributed by atoms with Gasteiger partial charge in [0.15, 0.2) is 0 Å². The lowest BCUT2D eigenvalue weighted by Gasteiger charge is -2.23. The second-order valence-corrected chi connectivity index (χ2v) is 7.81. The van der Waals surface area contributed by atoms with E-state index in [4.69, 9.17) is 0 Å². The van der Waals surface area contributed by atoms with E-state index in [9.17, 15) is 19.5 Å². The Hall–Kier alpha value is -2.17. The zero-order chi connectivity index (χ0) is 19.7. The van der Waals surface area contributed by atoms with E-state index in [1.165, 1.54) is 0 Å². The lowest BCUT2D eigenvalue weighted by molar-refractivity contribution is -0.143. The predicted octanol–water partition coefficient (Wildman–Crippen LogP) is 3.61. The van der Waals surface area contributed by atoms with Crippen LogP contribution in [0.3, 0.4) is 0 Å². The number of unbranched alkanes of at least 4 members (excludes halogenated alkanes) is 1. The first-order valence-electron chi connectivity index (χ1n) is 9.25. The van der Waals surface area contributed by atoms with E-state index >= 15 is 0 Å². The molecule has 0 aliphatic rings. The molecule has 0 fully saturated rings. The van der Waals surface area contributed by atoms with Crippen molar-refractivity contribution >= 4 is 17.7 Å². The zero-order valence-corrected chi connectivity index (χ0v) is 16.2. The van der Waals surface area contributed by atoms with Crippen molar-refractivity contribution in [3.63, 3.8) is 0 Å². The van der Waals surface area contributed by atoms with E-state index in [1.54, 1.807) is 0 Å². The molecule has 5 nitrogen and oxygen atoms in total. The van der Waals surface area contributed by atoms with Crippen molar-refractivity contribution in [2.24, 2.45) is 11.3 Å². The summed E-state index contributed by atoms with van der Waals surface area (Å²) in [6.45, 7) is 7.46. The Morgan fingerprint density at radius 1 is 1.12 bits per heavy atom. The zero-order valence-electron chi connectivity index (χ0n) is 16.2. The van der Waals surface area contributed by atoms with Crippen LogP contribution in [0.4, 0.5) is 0 Å². The number of Topliss-reactive ketones (excluding diaryl/α,β-unsaturated/α-hetero) is 1. The average molecular weight is 361 g/mol. The SMILES string of the molecule is CCCCC(NC(=O)C(CC(=O)C(C)(C)C)Cc1ccccc1)C(=O)O. The van der Waals surface area contributed by atoms with Gasteiger partial charge in [-0.3, -0.25) is 9.59 Å². The lowest BCUT2D eigenvalue weighted by atomic mass is 9.83. The summed E-state index contributed by atoms with van der Waals surface area (Å²) in [7, 11) is 0. The first kappa shape index (κ1) is 21.9. The van der Waals surface area contributed by atoms with Crippen LogP contribution in [-0.2, 0) is 20.8 Å². The van der Waals surface area contributed by atoms with Crippen molar-refractivity contribution < 1.29 is 19.5 Å². The minimum Gasteiger partial charge on any atom is -0.480 e. The number of carboxylic acids is 1. The minimum atomic E-state index is -1.03. The van der Waals surface area contributed by atoms with Gasteiger partial charge in [0.25, 0.3) is 0 Å². The summed E-state index contributed by atoms with van der Waals surface area (Å²) in [5.74, 6) is -1.98. The molecule has 5 heteroatoms. The molecule has 1 aromatic carbocycles. The summed E-state index contributed by atoms with van der Waals surface area (Å²) >= 11 is 0. The van der Waals surface area contributed by atoms with Gasteiger partial charge in [-0.1, -0.05) is 70.9 Å². The third-order valence-electron chi connectivity index (χ3n) is 4.42. The molecule has 0 heterocycles. The largest absolute Gasteiger partial charge is 0.480 e. The summed E-state index contributed by atoms with van der Waals surface area (Å²) < 4.78 is 0. The summed E-state index contributed by atoms with van der Waals surface area (Å²) in [6.07, 6.45) is 2.49. The Labute approximate surface area is 156 Å². The molecule has 144 valence electrons. The molecular weight excluding hydrogens is 330 g/mol. The van der Waals surface area contributed by atoms with Gasteiger partial charge in [0.05, 0.1) is 0 Å². The van der Waals surface area contributed by atoms with E-state index in [2.05, 4.69) is 5.32 Å². The number of nitrogens with one attached hydrogen (secondary N) is 1. The van der Waals surface area contributed by atoms with Crippen LogP contribution >= 0.6 is 0 Å². The highest BCUT2D eigenvalue weighted by molar-refractivity contribution is 5.91. The number of hydrogen-bond acceptors (Lipinski definition) is 3. The fraction of sp³-hybridized carbons (Fsp3) is 0.571. The molecule has 0 bridgehead atoms. The van der Waals surface area contributed by atoms with Crippen molar-refractivity contribution in [1.29, 1.82) is 0 Å². The first-order chi connectivity index (χ1) is 12.1. The quantitative estimate of drug-likeness (QED) is 0.667. The van der Waals surface area contributed by atoms with Gasteiger partial charge in [-0.2, -0.15) is 0 Å². The molecule has 0 spiro atoms. The maximum Gasteiger partial charge on any atom is 0.326 e. The van der Waals surface area contributed by atoms with Gasteiger partial charge >= 0.3 is 5.97 Å². The predicted molar refractivity (Wildman–Crippen MR) is 102 cm³/mol. The topological polar surface area (TPSA) is 83.5 Å². The Kier molecular flexibility index (Phi) is 8.49. The van der Waals surface area contributed by atoms with Gasteiger partial charge in [-0.25, -0.2) is 4.79 Å². The number of amides is 1. The number of ketones is 1. The van der Waals surface area contributed by atoms with Crippen LogP contribution in [-0.4, -0.2) is 28.8 Å². The molecule has 0 saturated heterocycles. The summed E-state index contributed by atoms with van der Waals surface area (Å²) in [6, 6.07) is 8.57. The molecule has 1 aromatic rings. The third-order valence-corrected chi connectivity index (χ3v) is 4.42. The standard InChI is InChI=1S/C21H31NO4/c1-5-6-12-17(20(25)26)22-19(24)16(14-18(23)21(2,3)4)13-15-10-8-7-9-11-15/h7-11,16-17H,5-6,12-14H2,1-4H3,(H,22,24)(H,25,26). The van der Waals surface area contributed by atoms with Gasteiger partial charge in [-0.15, -0.1) is 0 Å². The van der Waals surface area contributed by atoms with E-state index in [-0.39, 0.29) is 18.1 Å². The Balaban J connectivity index is 2.92. The number of aliphatic carboxylic acids is 1. The van der Waals surface area contributed by atoms with Crippen LogP contribution in [0, 0.1) is 11.3 Å². The molecular formula is C21H31NO4. The molecule has 0 radical (unpaired) electrons. The minimum absolute atomic E-state index is 0.00554. The van der Waals surface area contributed by atoms with E-state index in [0.29, 0.717) is 12.8 Å². The van der Waals surface area contributed by atoms with Gasteiger partial charge in [0.2, 0.25) is 5.91 Å². The normalized spacial score (nSPS) is 13.7. The number of carboxylic acid groups (broad SMARTS) is 1. The van der Waals surface area contributed by atoms with Gasteiger partial charge < -0.3 is 10.4 Å². The average Bonchev–Trinajstić information content (AvgIpc) is 2.57. The van der Waals surface area contributed by atoms with Crippen molar-refractivity contribution in [2.75, 3.05) is 0 Å². The molecule has 0 aliphatic heterocycles. The highest BCUT2D eigenvalue weighted by Gasteiger charge is 2.30. The van der Waals surface area contributed by atoms with Crippen LogP contribution in [0.5, 0.6) is 0 Å². The Morgan fingerprint density at radius 3 is 2.23 bits per heavy atom. The molecule has 26 heavy (non-hydrogen) atoms. The fourth-order valence-electron chi connectivity index (χ4n) is 2.64. The van der Waals surface area contributed by atoms with Crippen LogP contribution < -0.4 is 5.32 Å².